The monoisotopic (exact) mass is 307 g/mol. The highest BCUT2D eigenvalue weighted by molar-refractivity contribution is 7.93. The van der Waals surface area contributed by atoms with E-state index in [2.05, 4.69) is 4.36 Å². The van der Waals surface area contributed by atoms with Crippen LogP contribution in [0.5, 0.6) is 0 Å². The molecule has 4 nitrogen and oxygen atoms in total. The minimum Gasteiger partial charge on any atom is -0.386 e. The van der Waals surface area contributed by atoms with Gasteiger partial charge >= 0.3 is 0 Å². The lowest BCUT2D eigenvalue weighted by Gasteiger charge is -2.38. The van der Waals surface area contributed by atoms with Crippen LogP contribution in [0.2, 0.25) is 0 Å². The molecular weight excluding hydrogens is 286 g/mol. The number of hydrogen-bond donors (Lipinski definition) is 1. The summed E-state index contributed by atoms with van der Waals surface area (Å²) in [6.07, 6.45) is 6.11. The molecule has 1 heterocycles. The Kier molecular flexibility index (Phi) is 3.67. The maximum Gasteiger partial charge on any atom is 0.116 e. The molecule has 1 spiro atoms. The molecule has 3 atom stereocenters. The van der Waals surface area contributed by atoms with E-state index in [9.17, 15) is 9.32 Å². The first-order chi connectivity index (χ1) is 10.0. The zero-order chi connectivity index (χ0) is 15.0. The van der Waals surface area contributed by atoms with Crippen LogP contribution in [-0.4, -0.2) is 39.9 Å². The van der Waals surface area contributed by atoms with Crippen LogP contribution < -0.4 is 0 Å². The number of hydrogen-bond acceptors (Lipinski definition) is 4. The molecule has 1 aromatic carbocycles. The smallest absolute Gasteiger partial charge is 0.116 e. The second-order valence-corrected chi connectivity index (χ2v) is 8.17. The summed E-state index contributed by atoms with van der Waals surface area (Å²) in [4.78, 5) is 0.671. The van der Waals surface area contributed by atoms with Gasteiger partial charge in [-0.1, -0.05) is 30.4 Å². The van der Waals surface area contributed by atoms with E-state index in [4.69, 9.17) is 4.74 Å². The van der Waals surface area contributed by atoms with Crippen LogP contribution in [0, 0.1) is 0 Å². The lowest BCUT2D eigenvalue weighted by molar-refractivity contribution is -0.109. The molecule has 1 N–H and O–H groups in total. The summed E-state index contributed by atoms with van der Waals surface area (Å²) in [6, 6.07) is 9.20. The summed E-state index contributed by atoms with van der Waals surface area (Å²) in [5, 5.41) is 11.2. The van der Waals surface area contributed by atoms with E-state index in [0.29, 0.717) is 17.9 Å². The fourth-order valence-electron chi connectivity index (χ4n) is 3.42. The number of ether oxygens (including phenoxy) is 1. The first-order valence-electron chi connectivity index (χ1n) is 7.26. The summed E-state index contributed by atoms with van der Waals surface area (Å²) in [5.41, 5.74) is -1.80. The third-order valence-electron chi connectivity index (χ3n) is 4.59. The van der Waals surface area contributed by atoms with Crippen molar-refractivity contribution < 1.29 is 14.1 Å². The molecule has 1 fully saturated rings. The van der Waals surface area contributed by atoms with Crippen molar-refractivity contribution in [2.45, 2.75) is 35.4 Å². The minimum absolute atomic E-state index is 0.116. The van der Waals surface area contributed by atoms with Crippen molar-refractivity contribution in [3.63, 3.8) is 0 Å². The molecule has 1 unspecified atom stereocenters. The molecule has 0 aromatic heterocycles. The van der Waals surface area contributed by atoms with E-state index >= 15 is 0 Å². The molecule has 21 heavy (non-hydrogen) atoms. The van der Waals surface area contributed by atoms with Gasteiger partial charge in [-0.2, -0.15) is 0 Å². The lowest BCUT2D eigenvalue weighted by atomic mass is 9.88. The Balaban J connectivity index is 1.98. The van der Waals surface area contributed by atoms with E-state index in [1.54, 1.807) is 7.05 Å². The van der Waals surface area contributed by atoms with Crippen LogP contribution in [0.3, 0.4) is 0 Å². The molecule has 0 bridgehead atoms. The van der Waals surface area contributed by atoms with Gasteiger partial charge < -0.3 is 9.84 Å². The Bertz CT molecular complexity index is 663. The first kappa shape index (κ1) is 14.8. The second kappa shape index (κ2) is 5.23. The standard InChI is InChI=1S/C16H21NO3S/c1-17-21(19,14-7-3-2-4-8-14)13-15(18)9-5-10-16(15)11-6-12-20-16/h2-4,6-8,11,18H,5,9-10,12-13H2,1H3/t15-,16?,21+/m1/s1. The van der Waals surface area contributed by atoms with Crippen LogP contribution in [-0.2, 0) is 14.5 Å². The average molecular weight is 307 g/mol. The van der Waals surface area contributed by atoms with Crippen LogP contribution in [0.15, 0.2) is 51.7 Å². The Morgan fingerprint density at radius 2 is 2.10 bits per heavy atom. The fraction of sp³-hybridized carbons (Fsp3) is 0.500. The SMILES string of the molecule is CN=[S@](=O)(C[C@]1(O)CCCC12C=CCO2)c1ccccc1. The van der Waals surface area contributed by atoms with Crippen LogP contribution in [0.1, 0.15) is 19.3 Å². The predicted octanol–water partition coefficient (Wildman–Crippen LogP) is 2.38. The van der Waals surface area contributed by atoms with Crippen LogP contribution >= 0.6 is 0 Å². The van der Waals surface area contributed by atoms with Crippen molar-refractivity contribution in [2.24, 2.45) is 4.36 Å². The second-order valence-electron chi connectivity index (χ2n) is 5.77. The van der Waals surface area contributed by atoms with E-state index in [-0.39, 0.29) is 5.75 Å². The van der Waals surface area contributed by atoms with Gasteiger partial charge in [0.25, 0.3) is 0 Å². The largest absolute Gasteiger partial charge is 0.386 e. The molecule has 0 saturated heterocycles. The molecule has 1 aliphatic heterocycles. The Morgan fingerprint density at radius 1 is 1.33 bits per heavy atom. The number of rotatable bonds is 3. The van der Waals surface area contributed by atoms with Gasteiger partial charge in [0.1, 0.15) is 11.2 Å². The highest BCUT2D eigenvalue weighted by Gasteiger charge is 2.56. The van der Waals surface area contributed by atoms with Gasteiger partial charge in [0.15, 0.2) is 0 Å². The van der Waals surface area contributed by atoms with Gasteiger partial charge in [0.05, 0.1) is 22.1 Å². The zero-order valence-electron chi connectivity index (χ0n) is 12.2. The van der Waals surface area contributed by atoms with Crippen molar-refractivity contribution in [1.82, 2.24) is 0 Å². The van der Waals surface area contributed by atoms with Crippen molar-refractivity contribution in [1.29, 1.82) is 0 Å². The maximum absolute atomic E-state index is 13.3. The van der Waals surface area contributed by atoms with E-state index in [0.717, 1.165) is 12.8 Å². The summed E-state index contributed by atoms with van der Waals surface area (Å²) < 4.78 is 23.2. The molecule has 0 amide bonds. The summed E-state index contributed by atoms with van der Waals surface area (Å²) in [5.74, 6) is 0.116. The third-order valence-corrected chi connectivity index (χ3v) is 7.06. The van der Waals surface area contributed by atoms with Gasteiger partial charge in [-0.25, -0.2) is 8.57 Å². The number of benzene rings is 1. The van der Waals surface area contributed by atoms with E-state index < -0.39 is 20.9 Å². The van der Waals surface area contributed by atoms with E-state index in [1.165, 1.54) is 0 Å². The highest BCUT2D eigenvalue weighted by atomic mass is 32.2. The van der Waals surface area contributed by atoms with E-state index in [1.807, 2.05) is 42.5 Å². The Morgan fingerprint density at radius 3 is 2.71 bits per heavy atom. The Labute approximate surface area is 126 Å². The minimum atomic E-state index is -2.65. The molecule has 1 aromatic rings. The Hall–Kier alpha value is -1.17. The number of nitrogens with zero attached hydrogens (tertiary/aromatic N) is 1. The molecule has 1 aliphatic carbocycles. The summed E-state index contributed by atoms with van der Waals surface area (Å²) >= 11 is 0. The first-order valence-corrected chi connectivity index (χ1v) is 8.94. The predicted molar refractivity (Wildman–Crippen MR) is 82.7 cm³/mol. The molecule has 0 radical (unpaired) electrons. The zero-order valence-corrected chi connectivity index (χ0v) is 13.0. The average Bonchev–Trinajstić information content (AvgIpc) is 3.09. The van der Waals surface area contributed by atoms with Crippen molar-refractivity contribution in [3.8, 4) is 0 Å². The highest BCUT2D eigenvalue weighted by Crippen LogP contribution is 2.46. The molecular formula is C16H21NO3S. The van der Waals surface area contributed by atoms with Crippen LogP contribution in [0.25, 0.3) is 0 Å². The topological polar surface area (TPSA) is 58.9 Å². The summed E-state index contributed by atoms with van der Waals surface area (Å²) in [6.45, 7) is 0.512. The van der Waals surface area contributed by atoms with Gasteiger partial charge in [0, 0.05) is 11.9 Å². The van der Waals surface area contributed by atoms with Crippen LogP contribution in [0.4, 0.5) is 0 Å². The van der Waals surface area contributed by atoms with Gasteiger partial charge in [0.2, 0.25) is 0 Å². The normalized spacial score (nSPS) is 34.2. The van der Waals surface area contributed by atoms with Crippen molar-refractivity contribution in [2.75, 3.05) is 19.4 Å². The molecule has 2 aliphatic rings. The number of aliphatic hydroxyl groups is 1. The van der Waals surface area contributed by atoms with Gasteiger partial charge in [-0.3, -0.25) is 0 Å². The van der Waals surface area contributed by atoms with Crippen molar-refractivity contribution in [3.05, 3.63) is 42.5 Å². The summed E-state index contributed by atoms with van der Waals surface area (Å²) in [7, 11) is -1.09. The lowest BCUT2D eigenvalue weighted by Crippen LogP contribution is -2.53. The molecule has 114 valence electrons. The fourth-order valence-corrected chi connectivity index (χ4v) is 5.55. The molecule has 5 heteroatoms. The van der Waals surface area contributed by atoms with Gasteiger partial charge in [-0.15, -0.1) is 0 Å². The van der Waals surface area contributed by atoms with Crippen molar-refractivity contribution >= 4 is 9.73 Å². The molecule has 3 rings (SSSR count). The molecule has 1 saturated carbocycles. The third kappa shape index (κ3) is 2.33. The quantitative estimate of drug-likeness (QED) is 0.872. The van der Waals surface area contributed by atoms with Gasteiger partial charge in [-0.05, 0) is 31.4 Å². The maximum atomic E-state index is 13.3.